The maximum absolute atomic E-state index is 13.3. The van der Waals surface area contributed by atoms with Crippen LogP contribution in [0.1, 0.15) is 30.0 Å². The number of amides is 1. The first kappa shape index (κ1) is 19.3. The van der Waals surface area contributed by atoms with Crippen molar-refractivity contribution in [3.05, 3.63) is 82.5 Å². The van der Waals surface area contributed by atoms with E-state index in [0.717, 1.165) is 40.8 Å². The molecule has 156 valence electrons. The van der Waals surface area contributed by atoms with Gasteiger partial charge in [-0.2, -0.15) is 0 Å². The fourth-order valence-electron chi connectivity index (χ4n) is 3.99. The summed E-state index contributed by atoms with van der Waals surface area (Å²) in [6.07, 6.45) is 5.50. The van der Waals surface area contributed by atoms with Crippen molar-refractivity contribution < 1.29 is 4.79 Å². The summed E-state index contributed by atoms with van der Waals surface area (Å²) in [5.74, 6) is -0.175. The van der Waals surface area contributed by atoms with Crippen LogP contribution in [0.15, 0.2) is 65.8 Å². The van der Waals surface area contributed by atoms with Crippen LogP contribution < -0.4 is 10.9 Å². The van der Waals surface area contributed by atoms with Crippen molar-refractivity contribution in [1.29, 1.82) is 0 Å². The van der Waals surface area contributed by atoms with Gasteiger partial charge in [-0.1, -0.05) is 42.5 Å². The van der Waals surface area contributed by atoms with Gasteiger partial charge in [-0.3, -0.25) is 14.2 Å². The largest absolute Gasteiger partial charge is 0.332 e. The molecule has 5 rings (SSSR count). The van der Waals surface area contributed by atoms with Gasteiger partial charge >= 0.3 is 0 Å². The molecule has 6 heteroatoms. The van der Waals surface area contributed by atoms with Crippen molar-refractivity contribution in [2.45, 2.75) is 39.3 Å². The Morgan fingerprint density at radius 2 is 1.87 bits per heavy atom. The highest BCUT2D eigenvalue weighted by Crippen LogP contribution is 2.34. The average molecular weight is 412 g/mol. The Labute approximate surface area is 180 Å². The highest BCUT2D eigenvalue weighted by molar-refractivity contribution is 5.96. The Bertz CT molecular complexity index is 1350. The summed E-state index contributed by atoms with van der Waals surface area (Å²) in [6, 6.07) is 15.9. The van der Waals surface area contributed by atoms with E-state index in [0.29, 0.717) is 11.0 Å². The highest BCUT2D eigenvalue weighted by atomic mass is 16.2. The topological polar surface area (TPSA) is 68.9 Å². The molecule has 0 spiro atoms. The first-order chi connectivity index (χ1) is 15.0. The molecule has 2 heterocycles. The molecular formula is C25H24N4O2. The third kappa shape index (κ3) is 3.54. The van der Waals surface area contributed by atoms with E-state index in [4.69, 9.17) is 0 Å². The molecule has 0 bridgehead atoms. The second-order valence-corrected chi connectivity index (χ2v) is 8.22. The number of carbonyl (C=O) groups excluding carboxylic acids is 1. The molecule has 0 saturated heterocycles. The van der Waals surface area contributed by atoms with Crippen molar-refractivity contribution in [2.24, 2.45) is 0 Å². The van der Waals surface area contributed by atoms with Crippen LogP contribution in [0, 0.1) is 13.8 Å². The summed E-state index contributed by atoms with van der Waals surface area (Å²) in [5, 5.41) is 2.99. The van der Waals surface area contributed by atoms with Crippen molar-refractivity contribution in [3.63, 3.8) is 0 Å². The molecular weight excluding hydrogens is 388 g/mol. The zero-order chi connectivity index (χ0) is 21.5. The van der Waals surface area contributed by atoms with E-state index in [1.165, 1.54) is 0 Å². The Hall–Kier alpha value is -3.67. The quantitative estimate of drug-likeness (QED) is 0.526. The van der Waals surface area contributed by atoms with Crippen molar-refractivity contribution in [1.82, 2.24) is 14.1 Å². The molecule has 0 aliphatic heterocycles. The van der Waals surface area contributed by atoms with E-state index in [-0.39, 0.29) is 24.1 Å². The fraction of sp³-hybridized carbons (Fsp3) is 0.240. The Kier molecular flexibility index (Phi) is 4.70. The van der Waals surface area contributed by atoms with Gasteiger partial charge in [0.25, 0.3) is 5.56 Å². The predicted molar refractivity (Wildman–Crippen MR) is 122 cm³/mol. The lowest BCUT2D eigenvalue weighted by molar-refractivity contribution is -0.116. The van der Waals surface area contributed by atoms with Crippen LogP contribution >= 0.6 is 0 Å². The summed E-state index contributed by atoms with van der Waals surface area (Å²) >= 11 is 0. The lowest BCUT2D eigenvalue weighted by Crippen LogP contribution is -2.24. The molecule has 1 saturated carbocycles. The molecule has 6 nitrogen and oxygen atoms in total. The third-order valence-electron chi connectivity index (χ3n) is 6.02. The minimum absolute atomic E-state index is 0.0440. The van der Waals surface area contributed by atoms with Crippen LogP contribution in [-0.4, -0.2) is 20.0 Å². The van der Waals surface area contributed by atoms with Gasteiger partial charge in [0, 0.05) is 23.5 Å². The van der Waals surface area contributed by atoms with Gasteiger partial charge in [0.15, 0.2) is 0 Å². The maximum atomic E-state index is 13.3. The Morgan fingerprint density at radius 1 is 1.10 bits per heavy atom. The molecule has 1 fully saturated rings. The van der Waals surface area contributed by atoms with Gasteiger partial charge in [0.05, 0.1) is 6.33 Å². The zero-order valence-electron chi connectivity index (χ0n) is 17.6. The summed E-state index contributed by atoms with van der Waals surface area (Å²) in [5.41, 5.74) is 5.79. The number of nitrogens with zero attached hydrogens (tertiary/aromatic N) is 3. The number of aryl methyl sites for hydroxylation is 1. The fourth-order valence-corrected chi connectivity index (χ4v) is 3.99. The SMILES string of the molecule is Cc1cccc(NC(=O)Cn2cc(-c3ccccc3)c3ncn(C4CC4)c(=O)c32)c1C. The summed E-state index contributed by atoms with van der Waals surface area (Å²) in [6.45, 7) is 4.05. The van der Waals surface area contributed by atoms with Crippen molar-refractivity contribution in [2.75, 3.05) is 5.32 Å². The molecule has 1 aliphatic rings. The summed E-state index contributed by atoms with van der Waals surface area (Å²) in [4.78, 5) is 30.8. The van der Waals surface area contributed by atoms with Crippen LogP contribution in [0.2, 0.25) is 0 Å². The smallest absolute Gasteiger partial charge is 0.278 e. The Balaban J connectivity index is 1.57. The van der Waals surface area contributed by atoms with Crippen LogP contribution in [-0.2, 0) is 11.3 Å². The first-order valence-corrected chi connectivity index (χ1v) is 10.5. The van der Waals surface area contributed by atoms with Crippen LogP contribution in [0.5, 0.6) is 0 Å². The van der Waals surface area contributed by atoms with Gasteiger partial charge in [0.1, 0.15) is 17.6 Å². The highest BCUT2D eigenvalue weighted by Gasteiger charge is 2.27. The van der Waals surface area contributed by atoms with Gasteiger partial charge in [0.2, 0.25) is 5.91 Å². The zero-order valence-corrected chi connectivity index (χ0v) is 17.6. The number of aromatic nitrogens is 3. The normalized spacial score (nSPS) is 13.5. The van der Waals surface area contributed by atoms with E-state index >= 15 is 0 Å². The van der Waals surface area contributed by atoms with Crippen molar-refractivity contribution in [3.8, 4) is 11.1 Å². The van der Waals surface area contributed by atoms with E-state index in [2.05, 4.69) is 10.3 Å². The minimum atomic E-state index is -0.175. The maximum Gasteiger partial charge on any atom is 0.278 e. The summed E-state index contributed by atoms with van der Waals surface area (Å²) in [7, 11) is 0. The molecule has 0 atom stereocenters. The Morgan fingerprint density at radius 3 is 2.61 bits per heavy atom. The number of anilines is 1. The van der Waals surface area contributed by atoms with Crippen LogP contribution in [0.25, 0.3) is 22.2 Å². The molecule has 0 radical (unpaired) electrons. The number of fused-ring (bicyclic) bond motifs is 1. The predicted octanol–water partition coefficient (Wildman–Crippen LogP) is 4.46. The second-order valence-electron chi connectivity index (χ2n) is 8.22. The van der Waals surface area contributed by atoms with Gasteiger partial charge in [-0.15, -0.1) is 0 Å². The molecule has 1 aliphatic carbocycles. The molecule has 2 aromatic heterocycles. The lowest BCUT2D eigenvalue weighted by Gasteiger charge is -2.11. The molecule has 1 amide bonds. The minimum Gasteiger partial charge on any atom is -0.332 e. The van der Waals surface area contributed by atoms with Gasteiger partial charge < -0.3 is 9.88 Å². The van der Waals surface area contributed by atoms with E-state index < -0.39 is 0 Å². The van der Waals surface area contributed by atoms with Crippen LogP contribution in [0.3, 0.4) is 0 Å². The lowest BCUT2D eigenvalue weighted by atomic mass is 10.1. The monoisotopic (exact) mass is 412 g/mol. The number of benzene rings is 2. The van der Waals surface area contributed by atoms with E-state index in [1.807, 2.05) is 68.6 Å². The first-order valence-electron chi connectivity index (χ1n) is 10.5. The number of hydrogen-bond acceptors (Lipinski definition) is 3. The summed E-state index contributed by atoms with van der Waals surface area (Å²) < 4.78 is 3.45. The van der Waals surface area contributed by atoms with E-state index in [1.54, 1.807) is 15.5 Å². The van der Waals surface area contributed by atoms with Gasteiger partial charge in [-0.25, -0.2) is 4.98 Å². The number of rotatable bonds is 5. The standard InChI is InChI=1S/C25H24N4O2/c1-16-7-6-10-21(17(16)2)27-22(30)14-28-13-20(18-8-4-3-5-9-18)23-24(28)25(31)29(15-26-23)19-11-12-19/h3-10,13,15,19H,11-12,14H2,1-2H3,(H,27,30). The number of hydrogen-bond donors (Lipinski definition) is 1. The molecule has 1 N–H and O–H groups in total. The van der Waals surface area contributed by atoms with E-state index in [9.17, 15) is 9.59 Å². The molecule has 0 unspecified atom stereocenters. The van der Waals surface area contributed by atoms with Gasteiger partial charge in [-0.05, 0) is 49.4 Å². The molecule has 2 aromatic carbocycles. The third-order valence-corrected chi connectivity index (χ3v) is 6.02. The van der Waals surface area contributed by atoms with Crippen LogP contribution in [0.4, 0.5) is 5.69 Å². The molecule has 4 aromatic rings. The number of carbonyl (C=O) groups is 1. The second kappa shape index (κ2) is 7.54. The molecule has 31 heavy (non-hydrogen) atoms. The number of nitrogens with one attached hydrogen (secondary N) is 1. The average Bonchev–Trinajstić information content (AvgIpc) is 3.54. The van der Waals surface area contributed by atoms with Crippen molar-refractivity contribution >= 4 is 22.6 Å².